The number of rotatable bonds is 8. The first-order chi connectivity index (χ1) is 13.8. The van der Waals surface area contributed by atoms with Gasteiger partial charge in [0.25, 0.3) is 17.4 Å². The summed E-state index contributed by atoms with van der Waals surface area (Å²) in [4.78, 5) is 48.6. The number of pyridine rings is 1. The summed E-state index contributed by atoms with van der Waals surface area (Å²) in [6.45, 7) is -0.420. The first kappa shape index (κ1) is 20.7. The van der Waals surface area contributed by atoms with Crippen molar-refractivity contribution >= 4 is 17.8 Å². The Morgan fingerprint density at radius 2 is 1.59 bits per heavy atom. The van der Waals surface area contributed by atoms with E-state index in [9.17, 15) is 29.4 Å². The number of carbonyl (C=O) groups is 3. The van der Waals surface area contributed by atoms with Crippen LogP contribution in [0.5, 0.6) is 11.6 Å². The van der Waals surface area contributed by atoms with E-state index in [2.05, 4.69) is 5.32 Å². The highest BCUT2D eigenvalue weighted by molar-refractivity contribution is 6.05. The number of hydrogen-bond donors (Lipinski definition) is 5. The van der Waals surface area contributed by atoms with Crippen LogP contribution in [0.2, 0.25) is 0 Å². The predicted molar refractivity (Wildman–Crippen MR) is 101 cm³/mol. The predicted octanol–water partition coefficient (Wildman–Crippen LogP) is 0.719. The maximum atomic E-state index is 12.9. The van der Waals surface area contributed by atoms with Crippen LogP contribution in [0.3, 0.4) is 0 Å². The van der Waals surface area contributed by atoms with Gasteiger partial charge in [0.1, 0.15) is 17.7 Å². The van der Waals surface area contributed by atoms with Crippen LogP contribution < -0.4 is 16.2 Å². The number of carboxylic acid groups (broad SMARTS) is 1. The van der Waals surface area contributed by atoms with Crippen LogP contribution in [0.15, 0.2) is 4.79 Å². The molecule has 2 saturated carbocycles. The molecule has 0 saturated heterocycles. The molecule has 1 heterocycles. The number of carboxylic acids is 1. The molecule has 10 nitrogen and oxygen atoms in total. The van der Waals surface area contributed by atoms with Crippen molar-refractivity contribution in [3.63, 3.8) is 0 Å². The van der Waals surface area contributed by atoms with Crippen LogP contribution in [0.4, 0.5) is 0 Å². The van der Waals surface area contributed by atoms with Crippen molar-refractivity contribution in [2.45, 2.75) is 51.0 Å². The second-order valence-electron chi connectivity index (χ2n) is 7.60. The third kappa shape index (κ3) is 4.52. The van der Waals surface area contributed by atoms with Gasteiger partial charge in [-0.05, 0) is 25.2 Å². The van der Waals surface area contributed by atoms with Crippen molar-refractivity contribution in [3.05, 3.63) is 21.5 Å². The van der Waals surface area contributed by atoms with Gasteiger partial charge in [-0.15, -0.1) is 0 Å². The average molecular weight is 407 g/mol. The Morgan fingerprint density at radius 3 is 2.17 bits per heavy atom. The Bertz CT molecular complexity index is 883. The summed E-state index contributed by atoms with van der Waals surface area (Å²) in [7, 11) is 0. The molecule has 2 amide bonds. The number of carbonyl (C=O) groups excluding carboxylic acids is 2. The highest BCUT2D eigenvalue weighted by Gasteiger charge is 2.33. The summed E-state index contributed by atoms with van der Waals surface area (Å²) >= 11 is 0. The zero-order chi connectivity index (χ0) is 21.1. The number of hydrogen-bond acceptors (Lipinski definition) is 6. The lowest BCUT2D eigenvalue weighted by Gasteiger charge is -2.20. The summed E-state index contributed by atoms with van der Waals surface area (Å²) in [5.41, 5.74) is -2.25. The Kier molecular flexibility index (Phi) is 6.09. The van der Waals surface area contributed by atoms with Crippen LogP contribution in [0.1, 0.15) is 71.7 Å². The van der Waals surface area contributed by atoms with Crippen molar-refractivity contribution in [3.8, 4) is 11.6 Å². The average Bonchev–Trinajstić information content (AvgIpc) is 3.32. The number of nitrogens with one attached hydrogen (secondary N) is 2. The highest BCUT2D eigenvalue weighted by atomic mass is 16.4. The molecular formula is C19H25N3O7. The quantitative estimate of drug-likeness (QED) is 0.425. The second kappa shape index (κ2) is 8.54. The van der Waals surface area contributed by atoms with Gasteiger partial charge in [-0.25, -0.2) is 0 Å². The zero-order valence-corrected chi connectivity index (χ0v) is 15.9. The van der Waals surface area contributed by atoms with E-state index >= 15 is 0 Å². The molecule has 0 bridgehead atoms. The van der Waals surface area contributed by atoms with Gasteiger partial charge in [0.2, 0.25) is 5.88 Å². The molecule has 0 unspecified atom stereocenters. The Balaban J connectivity index is 2.00. The van der Waals surface area contributed by atoms with Crippen molar-refractivity contribution in [1.29, 1.82) is 0 Å². The Hall–Kier alpha value is -3.04. The number of aliphatic carboxylic acids is 1. The molecule has 1 aromatic heterocycles. The Morgan fingerprint density at radius 1 is 0.966 bits per heavy atom. The topological polar surface area (TPSA) is 158 Å². The van der Waals surface area contributed by atoms with E-state index in [4.69, 9.17) is 5.11 Å². The van der Waals surface area contributed by atoms with Crippen LogP contribution in [-0.2, 0) is 4.79 Å². The smallest absolute Gasteiger partial charge is 0.322 e. The number of amides is 2. The fraction of sp³-hybridized carbons (Fsp3) is 0.579. The van der Waals surface area contributed by atoms with Gasteiger partial charge >= 0.3 is 5.97 Å². The minimum absolute atomic E-state index is 0.339. The molecule has 0 aromatic carbocycles. The molecule has 29 heavy (non-hydrogen) atoms. The van der Waals surface area contributed by atoms with Gasteiger partial charge in [0.15, 0.2) is 5.75 Å². The van der Waals surface area contributed by atoms with Crippen molar-refractivity contribution in [2.75, 3.05) is 13.1 Å². The summed E-state index contributed by atoms with van der Waals surface area (Å²) in [5.74, 6) is -4.31. The molecule has 2 fully saturated rings. The lowest BCUT2D eigenvalue weighted by atomic mass is 10.1. The normalized spacial score (nSPS) is 16.6. The maximum absolute atomic E-state index is 12.9. The van der Waals surface area contributed by atoms with Gasteiger partial charge < -0.3 is 26.0 Å². The zero-order valence-electron chi connectivity index (χ0n) is 15.9. The molecule has 0 atom stereocenters. The summed E-state index contributed by atoms with van der Waals surface area (Å²) < 4.78 is 0.970. The lowest BCUT2D eigenvalue weighted by molar-refractivity contribution is -0.135. The third-order valence-electron chi connectivity index (χ3n) is 5.44. The van der Waals surface area contributed by atoms with E-state index in [1.165, 1.54) is 0 Å². The van der Waals surface area contributed by atoms with E-state index in [1.54, 1.807) is 0 Å². The van der Waals surface area contributed by atoms with Gasteiger partial charge in [0, 0.05) is 12.6 Å². The summed E-state index contributed by atoms with van der Waals surface area (Å²) in [6, 6.07) is -0.410. The van der Waals surface area contributed by atoms with Crippen molar-refractivity contribution < 1.29 is 29.7 Å². The molecule has 3 rings (SSSR count). The fourth-order valence-electron chi connectivity index (χ4n) is 3.71. The largest absolute Gasteiger partial charge is 0.506 e. The first-order valence-corrected chi connectivity index (χ1v) is 9.79. The lowest BCUT2D eigenvalue weighted by Crippen LogP contribution is -2.38. The highest BCUT2D eigenvalue weighted by Crippen LogP contribution is 2.36. The van der Waals surface area contributed by atoms with E-state index < -0.39 is 58.7 Å². The molecule has 0 aliphatic heterocycles. The summed E-state index contributed by atoms with van der Waals surface area (Å²) in [6.07, 6.45) is 5.78. The van der Waals surface area contributed by atoms with E-state index in [0.717, 1.165) is 36.7 Å². The van der Waals surface area contributed by atoms with Gasteiger partial charge in [-0.1, -0.05) is 25.7 Å². The molecule has 10 heteroatoms. The number of nitrogens with zero attached hydrogens (tertiary/aromatic N) is 1. The molecule has 0 radical (unpaired) electrons. The standard InChI is InChI=1S/C19H25N3O7/c23-12(24)9-21-17(27)14-15(25)13(16(26)20-8-7-10-5-6-10)18(28)22(19(14)29)11-3-1-2-4-11/h10-11,25,28H,1-9H2,(H,20,26)(H,21,27)(H,23,24). The molecule has 2 aliphatic carbocycles. The maximum Gasteiger partial charge on any atom is 0.322 e. The van der Waals surface area contributed by atoms with Crippen LogP contribution >= 0.6 is 0 Å². The van der Waals surface area contributed by atoms with Crippen LogP contribution in [0, 0.1) is 5.92 Å². The molecule has 1 aromatic rings. The van der Waals surface area contributed by atoms with Gasteiger partial charge in [0.05, 0.1) is 0 Å². The van der Waals surface area contributed by atoms with Crippen LogP contribution in [0.25, 0.3) is 0 Å². The third-order valence-corrected chi connectivity index (χ3v) is 5.44. The molecule has 0 spiro atoms. The molecular weight excluding hydrogens is 382 g/mol. The number of aromatic nitrogens is 1. The fourth-order valence-corrected chi connectivity index (χ4v) is 3.71. The van der Waals surface area contributed by atoms with Crippen molar-refractivity contribution in [2.24, 2.45) is 5.92 Å². The first-order valence-electron chi connectivity index (χ1n) is 9.79. The molecule has 158 valence electrons. The van der Waals surface area contributed by atoms with Gasteiger partial charge in [-0.2, -0.15) is 0 Å². The minimum atomic E-state index is -1.33. The van der Waals surface area contributed by atoms with Crippen molar-refractivity contribution in [1.82, 2.24) is 15.2 Å². The molecule has 2 aliphatic rings. The summed E-state index contributed by atoms with van der Waals surface area (Å²) in [5, 5.41) is 34.5. The monoisotopic (exact) mass is 407 g/mol. The second-order valence-corrected chi connectivity index (χ2v) is 7.60. The van der Waals surface area contributed by atoms with E-state index in [1.807, 2.05) is 5.32 Å². The van der Waals surface area contributed by atoms with Crippen LogP contribution in [-0.4, -0.2) is 50.8 Å². The van der Waals surface area contributed by atoms with Gasteiger partial charge in [-0.3, -0.25) is 23.7 Å². The Labute approximate surface area is 166 Å². The minimum Gasteiger partial charge on any atom is -0.506 e. The van der Waals surface area contributed by atoms with E-state index in [0.29, 0.717) is 25.3 Å². The number of aromatic hydroxyl groups is 2. The SMILES string of the molecule is O=C(O)CNC(=O)c1c(O)c(C(=O)NCCC2CC2)c(O)n(C2CCCC2)c1=O. The molecule has 5 N–H and O–H groups in total. The van der Waals surface area contributed by atoms with E-state index in [-0.39, 0.29) is 0 Å².